The zero-order valence-electron chi connectivity index (χ0n) is 8.55. The first-order valence-electron chi connectivity index (χ1n) is 4.51. The summed E-state index contributed by atoms with van der Waals surface area (Å²) in [6.07, 6.45) is 0. The molecule has 0 atom stereocenters. The highest BCUT2D eigenvalue weighted by Gasteiger charge is 2.05. The zero-order chi connectivity index (χ0) is 9.56. The van der Waals surface area contributed by atoms with Crippen LogP contribution in [0.5, 0.6) is 0 Å². The molecule has 0 aliphatic heterocycles. The summed E-state index contributed by atoms with van der Waals surface area (Å²) in [6, 6.07) is 0. The zero-order valence-corrected chi connectivity index (χ0v) is 8.55. The predicted molar refractivity (Wildman–Crippen MR) is 51.0 cm³/mol. The summed E-state index contributed by atoms with van der Waals surface area (Å²) in [5.41, 5.74) is 0. The van der Waals surface area contributed by atoms with Crippen LogP contribution in [0.25, 0.3) is 0 Å². The van der Waals surface area contributed by atoms with E-state index in [4.69, 9.17) is 0 Å². The molecule has 0 bridgehead atoms. The molecule has 0 rings (SSSR count). The minimum atomic E-state index is 0.112. The molecule has 0 fully saturated rings. The quantitative estimate of drug-likeness (QED) is 0.662. The highest BCUT2D eigenvalue weighted by atomic mass is 16.1. The fraction of sp³-hybridized carbons (Fsp3) is 0.889. The van der Waals surface area contributed by atoms with E-state index in [9.17, 15) is 4.79 Å². The van der Waals surface area contributed by atoms with E-state index in [1.165, 1.54) is 0 Å². The Bertz CT molecular complexity index is 134. The Labute approximate surface area is 75.1 Å². The van der Waals surface area contributed by atoms with Gasteiger partial charge in [0.15, 0.2) is 0 Å². The van der Waals surface area contributed by atoms with Gasteiger partial charge < -0.3 is 5.32 Å². The largest absolute Gasteiger partial charge is 0.355 e. The molecule has 1 N–H and O–H groups in total. The number of hydrogen-bond donors (Lipinski definition) is 1. The van der Waals surface area contributed by atoms with E-state index in [0.29, 0.717) is 19.0 Å². The van der Waals surface area contributed by atoms with Crippen molar-refractivity contribution in [1.82, 2.24) is 10.2 Å². The molecule has 0 aromatic heterocycles. The summed E-state index contributed by atoms with van der Waals surface area (Å²) < 4.78 is 0. The molecule has 1 amide bonds. The normalized spacial score (nSPS) is 10.8. The Hall–Kier alpha value is -0.570. The van der Waals surface area contributed by atoms with Crippen LogP contribution in [-0.2, 0) is 4.79 Å². The average Bonchev–Trinajstić information content (AvgIpc) is 1.84. The van der Waals surface area contributed by atoms with Gasteiger partial charge in [-0.05, 0) is 19.9 Å². The fourth-order valence-corrected chi connectivity index (χ4v) is 1.19. The topological polar surface area (TPSA) is 32.3 Å². The molecule has 0 saturated heterocycles. The lowest BCUT2D eigenvalue weighted by Gasteiger charge is -2.17. The van der Waals surface area contributed by atoms with Gasteiger partial charge in [-0.25, -0.2) is 0 Å². The van der Waals surface area contributed by atoms with Gasteiger partial charge in [-0.2, -0.15) is 0 Å². The van der Waals surface area contributed by atoms with Crippen LogP contribution in [0.3, 0.4) is 0 Å². The Morgan fingerprint density at radius 2 is 2.08 bits per heavy atom. The lowest BCUT2D eigenvalue weighted by atomic mass is 10.2. The van der Waals surface area contributed by atoms with Gasteiger partial charge in [0.1, 0.15) is 0 Å². The average molecular weight is 172 g/mol. The Balaban J connectivity index is 3.54. The maximum atomic E-state index is 11.1. The molecule has 0 aromatic carbocycles. The number of likely N-dealkylation sites (N-methyl/N-ethyl adjacent to an activating group) is 2. The molecule has 0 radical (unpaired) electrons. The van der Waals surface area contributed by atoms with Gasteiger partial charge in [0.05, 0.1) is 6.54 Å². The van der Waals surface area contributed by atoms with Crippen LogP contribution in [0, 0.1) is 5.92 Å². The number of carbonyl (C=O) groups excluding carboxylic acids is 1. The second-order valence-corrected chi connectivity index (χ2v) is 3.54. The van der Waals surface area contributed by atoms with E-state index in [0.717, 1.165) is 6.54 Å². The van der Waals surface area contributed by atoms with Crippen molar-refractivity contribution in [2.24, 2.45) is 5.92 Å². The molecule has 3 nitrogen and oxygen atoms in total. The van der Waals surface area contributed by atoms with Crippen molar-refractivity contribution in [1.29, 1.82) is 0 Å². The predicted octanol–water partition coefficient (Wildman–Crippen LogP) is 0.710. The molecule has 0 spiro atoms. The summed E-state index contributed by atoms with van der Waals surface area (Å²) in [6.45, 7) is 8.42. The van der Waals surface area contributed by atoms with Crippen LogP contribution in [0.15, 0.2) is 0 Å². The SMILES string of the molecule is CCNC(=O)CN(C)CC(C)C. The van der Waals surface area contributed by atoms with E-state index in [1.54, 1.807) is 0 Å². The smallest absolute Gasteiger partial charge is 0.234 e. The number of amides is 1. The van der Waals surface area contributed by atoms with Gasteiger partial charge in [0, 0.05) is 13.1 Å². The molecule has 0 saturated carbocycles. The van der Waals surface area contributed by atoms with Gasteiger partial charge >= 0.3 is 0 Å². The van der Waals surface area contributed by atoms with Crippen LogP contribution in [0.2, 0.25) is 0 Å². The minimum absolute atomic E-state index is 0.112. The third-order valence-electron chi connectivity index (χ3n) is 1.46. The molecule has 12 heavy (non-hydrogen) atoms. The number of carbonyl (C=O) groups is 1. The highest BCUT2D eigenvalue weighted by molar-refractivity contribution is 5.77. The molecular formula is C9H20N2O. The van der Waals surface area contributed by atoms with Crippen molar-refractivity contribution in [3.8, 4) is 0 Å². The number of nitrogens with zero attached hydrogens (tertiary/aromatic N) is 1. The maximum absolute atomic E-state index is 11.1. The standard InChI is InChI=1S/C9H20N2O/c1-5-10-9(12)7-11(4)6-8(2)3/h8H,5-7H2,1-4H3,(H,10,12). The number of hydrogen-bond acceptors (Lipinski definition) is 2. The molecule has 0 unspecified atom stereocenters. The van der Waals surface area contributed by atoms with Crippen molar-refractivity contribution in [3.05, 3.63) is 0 Å². The highest BCUT2D eigenvalue weighted by Crippen LogP contribution is 1.94. The van der Waals surface area contributed by atoms with Gasteiger partial charge in [-0.15, -0.1) is 0 Å². The molecule has 0 heterocycles. The monoisotopic (exact) mass is 172 g/mol. The van der Waals surface area contributed by atoms with Crippen LogP contribution in [0.4, 0.5) is 0 Å². The molecule has 72 valence electrons. The molecule has 0 aliphatic rings. The first-order chi connectivity index (χ1) is 5.56. The van der Waals surface area contributed by atoms with Crippen LogP contribution in [-0.4, -0.2) is 37.5 Å². The van der Waals surface area contributed by atoms with Crippen molar-refractivity contribution in [2.45, 2.75) is 20.8 Å². The first-order valence-corrected chi connectivity index (χ1v) is 4.51. The lowest BCUT2D eigenvalue weighted by Crippen LogP contribution is -2.36. The lowest BCUT2D eigenvalue weighted by molar-refractivity contribution is -0.121. The van der Waals surface area contributed by atoms with Gasteiger partial charge in [0.2, 0.25) is 5.91 Å². The van der Waals surface area contributed by atoms with Crippen LogP contribution in [0.1, 0.15) is 20.8 Å². The Morgan fingerprint density at radius 1 is 1.50 bits per heavy atom. The minimum Gasteiger partial charge on any atom is -0.355 e. The first kappa shape index (κ1) is 11.4. The summed E-state index contributed by atoms with van der Waals surface area (Å²) >= 11 is 0. The van der Waals surface area contributed by atoms with Crippen molar-refractivity contribution in [2.75, 3.05) is 26.7 Å². The fourth-order valence-electron chi connectivity index (χ4n) is 1.19. The summed E-state index contributed by atoms with van der Waals surface area (Å²) in [5, 5.41) is 2.77. The van der Waals surface area contributed by atoms with E-state index in [2.05, 4.69) is 19.2 Å². The third-order valence-corrected chi connectivity index (χ3v) is 1.46. The van der Waals surface area contributed by atoms with Crippen molar-refractivity contribution >= 4 is 5.91 Å². The Morgan fingerprint density at radius 3 is 2.50 bits per heavy atom. The second kappa shape index (κ2) is 6.00. The van der Waals surface area contributed by atoms with E-state index < -0.39 is 0 Å². The van der Waals surface area contributed by atoms with Gasteiger partial charge in [-0.1, -0.05) is 13.8 Å². The van der Waals surface area contributed by atoms with Crippen LogP contribution >= 0.6 is 0 Å². The molecule has 0 aliphatic carbocycles. The van der Waals surface area contributed by atoms with Crippen molar-refractivity contribution < 1.29 is 4.79 Å². The van der Waals surface area contributed by atoms with Gasteiger partial charge in [-0.3, -0.25) is 9.69 Å². The van der Waals surface area contributed by atoms with E-state index in [-0.39, 0.29) is 5.91 Å². The number of nitrogens with one attached hydrogen (secondary N) is 1. The van der Waals surface area contributed by atoms with E-state index in [1.807, 2.05) is 18.9 Å². The van der Waals surface area contributed by atoms with Crippen LogP contribution < -0.4 is 5.32 Å². The molecule has 3 heteroatoms. The summed E-state index contributed by atoms with van der Waals surface area (Å²) in [7, 11) is 1.97. The van der Waals surface area contributed by atoms with Gasteiger partial charge in [0.25, 0.3) is 0 Å². The number of rotatable bonds is 5. The summed E-state index contributed by atoms with van der Waals surface area (Å²) in [4.78, 5) is 13.1. The Kier molecular flexibility index (Phi) is 5.72. The summed E-state index contributed by atoms with van der Waals surface area (Å²) in [5.74, 6) is 0.727. The molecule has 0 aromatic rings. The second-order valence-electron chi connectivity index (χ2n) is 3.54. The third kappa shape index (κ3) is 6.16. The van der Waals surface area contributed by atoms with Crippen molar-refractivity contribution in [3.63, 3.8) is 0 Å². The molecular weight excluding hydrogens is 152 g/mol. The van der Waals surface area contributed by atoms with E-state index >= 15 is 0 Å². The maximum Gasteiger partial charge on any atom is 0.234 e.